The van der Waals surface area contributed by atoms with Crippen LogP contribution in [-0.2, 0) is 0 Å². The van der Waals surface area contributed by atoms with Crippen LogP contribution in [0, 0.1) is 9.39 Å². The van der Waals surface area contributed by atoms with E-state index in [1.165, 1.54) is 13.2 Å². The Morgan fingerprint density at radius 1 is 1.55 bits per heavy atom. The summed E-state index contributed by atoms with van der Waals surface area (Å²) in [4.78, 5) is 0. The van der Waals surface area contributed by atoms with Crippen LogP contribution in [0.3, 0.4) is 0 Å². The highest BCUT2D eigenvalue weighted by Gasteiger charge is 2.09. The number of hydrogen-bond donors (Lipinski definition) is 0. The van der Waals surface area contributed by atoms with Crippen LogP contribution in [-0.4, -0.2) is 7.11 Å². The molecule has 1 aromatic carbocycles. The Morgan fingerprint density at radius 3 is 2.73 bits per heavy atom. The first kappa shape index (κ1) is 9.06. The molecule has 1 nitrogen and oxygen atoms in total. The van der Waals surface area contributed by atoms with Crippen molar-refractivity contribution >= 4 is 34.2 Å². The summed E-state index contributed by atoms with van der Waals surface area (Å²) >= 11 is 7.47. The first-order chi connectivity index (χ1) is 5.16. The van der Waals surface area contributed by atoms with Gasteiger partial charge in [-0.05, 0) is 34.7 Å². The van der Waals surface area contributed by atoms with Crippen molar-refractivity contribution in [1.29, 1.82) is 0 Å². The van der Waals surface area contributed by atoms with Gasteiger partial charge in [0, 0.05) is 0 Å². The SMILES string of the molecule is COc1ccc(Cl)c(I)c1F. The molecule has 0 aliphatic heterocycles. The average Bonchev–Trinajstić information content (AvgIpc) is 2.01. The lowest BCUT2D eigenvalue weighted by Crippen LogP contribution is -1.90. The Morgan fingerprint density at radius 2 is 2.18 bits per heavy atom. The van der Waals surface area contributed by atoms with Gasteiger partial charge in [-0.15, -0.1) is 0 Å². The van der Waals surface area contributed by atoms with Crippen molar-refractivity contribution in [2.75, 3.05) is 7.11 Å². The number of benzene rings is 1. The third kappa shape index (κ3) is 1.76. The van der Waals surface area contributed by atoms with E-state index < -0.39 is 5.82 Å². The van der Waals surface area contributed by atoms with E-state index in [1.54, 1.807) is 6.07 Å². The van der Waals surface area contributed by atoms with Crippen LogP contribution in [0.5, 0.6) is 5.75 Å². The van der Waals surface area contributed by atoms with E-state index in [2.05, 4.69) is 0 Å². The molecule has 0 bridgehead atoms. The summed E-state index contributed by atoms with van der Waals surface area (Å²) in [7, 11) is 1.42. The fourth-order valence-corrected chi connectivity index (χ4v) is 1.26. The number of methoxy groups -OCH3 is 1. The molecule has 4 heteroatoms. The Labute approximate surface area is 82.6 Å². The smallest absolute Gasteiger partial charge is 0.179 e. The van der Waals surface area contributed by atoms with Crippen molar-refractivity contribution in [3.8, 4) is 5.75 Å². The Kier molecular flexibility index (Phi) is 2.95. The molecule has 1 rings (SSSR count). The zero-order chi connectivity index (χ0) is 8.43. The molecular weight excluding hydrogens is 281 g/mol. The average molecular weight is 286 g/mol. The highest BCUT2D eigenvalue weighted by Crippen LogP contribution is 2.27. The van der Waals surface area contributed by atoms with E-state index in [1.807, 2.05) is 22.6 Å². The van der Waals surface area contributed by atoms with Gasteiger partial charge in [-0.25, -0.2) is 4.39 Å². The van der Waals surface area contributed by atoms with Crippen molar-refractivity contribution < 1.29 is 9.13 Å². The van der Waals surface area contributed by atoms with Crippen molar-refractivity contribution in [2.45, 2.75) is 0 Å². The van der Waals surface area contributed by atoms with Gasteiger partial charge in [-0.1, -0.05) is 11.6 Å². The molecule has 0 aromatic heterocycles. The normalized spacial score (nSPS) is 9.82. The van der Waals surface area contributed by atoms with E-state index in [0.29, 0.717) is 8.59 Å². The molecule has 60 valence electrons. The predicted molar refractivity (Wildman–Crippen MR) is 50.7 cm³/mol. The van der Waals surface area contributed by atoms with Gasteiger partial charge in [-0.2, -0.15) is 0 Å². The molecule has 0 N–H and O–H groups in total. The Hall–Kier alpha value is -0.0300. The summed E-state index contributed by atoms with van der Waals surface area (Å²) in [6.45, 7) is 0. The van der Waals surface area contributed by atoms with Crippen LogP contribution in [0.2, 0.25) is 5.02 Å². The van der Waals surface area contributed by atoms with Crippen LogP contribution < -0.4 is 4.74 Å². The molecule has 0 spiro atoms. The van der Waals surface area contributed by atoms with Gasteiger partial charge in [-0.3, -0.25) is 0 Å². The second-order valence-electron chi connectivity index (χ2n) is 1.88. The maximum Gasteiger partial charge on any atom is 0.179 e. The third-order valence-corrected chi connectivity index (χ3v) is 2.91. The van der Waals surface area contributed by atoms with E-state index in [0.717, 1.165) is 0 Å². The van der Waals surface area contributed by atoms with E-state index >= 15 is 0 Å². The second-order valence-corrected chi connectivity index (χ2v) is 3.36. The summed E-state index contributed by atoms with van der Waals surface area (Å²) in [5, 5.41) is 0.406. The lowest BCUT2D eigenvalue weighted by molar-refractivity contribution is 0.385. The quantitative estimate of drug-likeness (QED) is 0.569. The highest BCUT2D eigenvalue weighted by molar-refractivity contribution is 14.1. The minimum atomic E-state index is -0.402. The van der Waals surface area contributed by atoms with Gasteiger partial charge >= 0.3 is 0 Å². The monoisotopic (exact) mass is 286 g/mol. The lowest BCUT2D eigenvalue weighted by Gasteiger charge is -2.03. The fraction of sp³-hybridized carbons (Fsp3) is 0.143. The van der Waals surface area contributed by atoms with Gasteiger partial charge in [0.2, 0.25) is 0 Å². The molecule has 0 radical (unpaired) electrons. The minimum absolute atomic E-state index is 0.221. The van der Waals surface area contributed by atoms with E-state index in [-0.39, 0.29) is 5.75 Å². The summed E-state index contributed by atoms with van der Waals surface area (Å²) in [5.41, 5.74) is 0. The Balaban J connectivity index is 3.25. The number of rotatable bonds is 1. The number of halogens is 3. The topological polar surface area (TPSA) is 9.23 Å². The van der Waals surface area contributed by atoms with Gasteiger partial charge in [0.25, 0.3) is 0 Å². The van der Waals surface area contributed by atoms with Crippen LogP contribution in [0.25, 0.3) is 0 Å². The third-order valence-electron chi connectivity index (χ3n) is 1.22. The molecule has 0 heterocycles. The van der Waals surface area contributed by atoms with Crippen molar-refractivity contribution in [2.24, 2.45) is 0 Å². The van der Waals surface area contributed by atoms with Gasteiger partial charge < -0.3 is 4.74 Å². The van der Waals surface area contributed by atoms with Crippen LogP contribution in [0.1, 0.15) is 0 Å². The molecule has 0 saturated carbocycles. The van der Waals surface area contributed by atoms with Crippen LogP contribution in [0.15, 0.2) is 12.1 Å². The van der Waals surface area contributed by atoms with Crippen molar-refractivity contribution in [1.82, 2.24) is 0 Å². The predicted octanol–water partition coefficient (Wildman–Crippen LogP) is 3.09. The van der Waals surface area contributed by atoms with Gasteiger partial charge in [0.1, 0.15) is 0 Å². The molecule has 0 fully saturated rings. The summed E-state index contributed by atoms with van der Waals surface area (Å²) in [5.74, 6) is -0.181. The zero-order valence-corrected chi connectivity index (χ0v) is 8.61. The highest BCUT2D eigenvalue weighted by atomic mass is 127. The summed E-state index contributed by atoms with van der Waals surface area (Å²) < 4.78 is 18.2. The molecule has 1 aromatic rings. The Bertz CT molecular complexity index is 277. The summed E-state index contributed by atoms with van der Waals surface area (Å²) in [6.07, 6.45) is 0. The standard InChI is InChI=1S/C7H5ClFIO/c1-11-5-3-2-4(8)7(10)6(5)9/h2-3H,1H3. The fourth-order valence-electron chi connectivity index (χ4n) is 0.666. The van der Waals surface area contributed by atoms with Crippen LogP contribution in [0.4, 0.5) is 4.39 Å². The largest absolute Gasteiger partial charge is 0.494 e. The molecule has 0 saturated heterocycles. The molecule has 11 heavy (non-hydrogen) atoms. The first-order valence-electron chi connectivity index (χ1n) is 2.84. The maximum atomic E-state index is 13.0. The first-order valence-corrected chi connectivity index (χ1v) is 4.30. The maximum absolute atomic E-state index is 13.0. The van der Waals surface area contributed by atoms with Crippen molar-refractivity contribution in [3.05, 3.63) is 26.5 Å². The zero-order valence-electron chi connectivity index (χ0n) is 5.70. The van der Waals surface area contributed by atoms with Gasteiger partial charge in [0.15, 0.2) is 11.6 Å². The molecule has 0 aliphatic carbocycles. The van der Waals surface area contributed by atoms with Crippen LogP contribution >= 0.6 is 34.2 Å². The van der Waals surface area contributed by atoms with E-state index in [4.69, 9.17) is 16.3 Å². The number of hydrogen-bond acceptors (Lipinski definition) is 1. The molecule has 0 atom stereocenters. The molecule has 0 amide bonds. The molecular formula is C7H5ClFIO. The minimum Gasteiger partial charge on any atom is -0.494 e. The molecule has 0 aliphatic rings. The van der Waals surface area contributed by atoms with E-state index in [9.17, 15) is 4.39 Å². The van der Waals surface area contributed by atoms with Gasteiger partial charge in [0.05, 0.1) is 15.7 Å². The van der Waals surface area contributed by atoms with Crippen molar-refractivity contribution in [3.63, 3.8) is 0 Å². The summed E-state index contributed by atoms with van der Waals surface area (Å²) in [6, 6.07) is 3.10. The molecule has 0 unspecified atom stereocenters. The lowest BCUT2D eigenvalue weighted by atomic mass is 10.3. The second kappa shape index (κ2) is 3.58. The number of ether oxygens (including phenoxy) is 1.